The van der Waals surface area contributed by atoms with Crippen molar-refractivity contribution in [2.45, 2.75) is 13.5 Å². The molecule has 1 rings (SSSR count). The Bertz CT molecular complexity index is 453. The smallest absolute Gasteiger partial charge is 0.244 e. The van der Waals surface area contributed by atoms with Crippen molar-refractivity contribution in [2.24, 2.45) is 0 Å². The lowest BCUT2D eigenvalue weighted by molar-refractivity contribution is -0.116. The Morgan fingerprint density at radius 1 is 1.35 bits per heavy atom. The highest BCUT2D eigenvalue weighted by Crippen LogP contribution is 2.08. The van der Waals surface area contributed by atoms with Gasteiger partial charge in [-0.15, -0.1) is 0 Å². The maximum atomic E-state index is 13.2. The Balaban J connectivity index is 2.55. The zero-order valence-electron chi connectivity index (χ0n) is 9.41. The second-order valence-corrected chi connectivity index (χ2v) is 3.34. The molecule has 0 fully saturated rings. The molecule has 0 heterocycles. The molecule has 1 aromatic rings. The maximum Gasteiger partial charge on any atom is 0.244 e. The molecule has 0 atom stereocenters. The lowest BCUT2D eigenvalue weighted by Gasteiger charge is -2.04. The second-order valence-electron chi connectivity index (χ2n) is 3.34. The van der Waals surface area contributed by atoms with Gasteiger partial charge in [-0.05, 0) is 25.1 Å². The van der Waals surface area contributed by atoms with Gasteiger partial charge >= 0.3 is 0 Å². The van der Waals surface area contributed by atoms with E-state index in [1.807, 2.05) is 6.92 Å². The monoisotopic (exact) mass is 237 g/mol. The van der Waals surface area contributed by atoms with E-state index >= 15 is 0 Å². The quantitative estimate of drug-likeness (QED) is 0.633. The number of hydrogen-bond acceptors (Lipinski definition) is 1. The van der Waals surface area contributed by atoms with Gasteiger partial charge in [-0.25, -0.2) is 8.78 Å². The van der Waals surface area contributed by atoms with E-state index in [9.17, 15) is 13.6 Å². The fraction of sp³-hybridized carbons (Fsp3) is 0.154. The molecular weight excluding hydrogens is 224 g/mol. The third-order valence-electron chi connectivity index (χ3n) is 2.01. The molecule has 90 valence electrons. The van der Waals surface area contributed by atoms with Crippen LogP contribution in [-0.4, -0.2) is 5.91 Å². The summed E-state index contributed by atoms with van der Waals surface area (Å²) < 4.78 is 26.0. The Hall–Kier alpha value is -1.97. The molecule has 0 spiro atoms. The summed E-state index contributed by atoms with van der Waals surface area (Å²) in [5.74, 6) is -1.42. The number of benzene rings is 1. The first-order valence-corrected chi connectivity index (χ1v) is 5.14. The minimum absolute atomic E-state index is 0.0391. The summed E-state index contributed by atoms with van der Waals surface area (Å²) in [5, 5.41) is 2.46. The molecule has 0 saturated carbocycles. The zero-order chi connectivity index (χ0) is 12.7. The predicted molar refractivity (Wildman–Crippen MR) is 62.2 cm³/mol. The molecule has 0 radical (unpaired) electrons. The van der Waals surface area contributed by atoms with E-state index in [0.717, 1.165) is 18.2 Å². The fourth-order valence-corrected chi connectivity index (χ4v) is 1.17. The van der Waals surface area contributed by atoms with Crippen LogP contribution in [0.4, 0.5) is 8.78 Å². The first-order valence-electron chi connectivity index (χ1n) is 5.14. The highest BCUT2D eigenvalue weighted by molar-refractivity contribution is 5.87. The molecule has 0 aliphatic rings. The zero-order valence-corrected chi connectivity index (χ0v) is 9.41. The van der Waals surface area contributed by atoms with Crippen molar-refractivity contribution in [1.82, 2.24) is 5.32 Å². The molecule has 0 aliphatic heterocycles. The number of carbonyl (C=O) groups is 1. The maximum absolute atomic E-state index is 13.2. The van der Waals surface area contributed by atoms with Crippen LogP contribution in [0.3, 0.4) is 0 Å². The molecule has 1 aromatic carbocycles. The van der Waals surface area contributed by atoms with E-state index in [4.69, 9.17) is 0 Å². The number of rotatable bonds is 4. The number of hydrogen-bond donors (Lipinski definition) is 1. The van der Waals surface area contributed by atoms with Crippen molar-refractivity contribution in [3.63, 3.8) is 0 Å². The van der Waals surface area contributed by atoms with Crippen molar-refractivity contribution in [2.75, 3.05) is 0 Å². The number of halogens is 2. The summed E-state index contributed by atoms with van der Waals surface area (Å²) in [4.78, 5) is 11.2. The van der Waals surface area contributed by atoms with Crippen LogP contribution in [-0.2, 0) is 11.3 Å². The minimum Gasteiger partial charge on any atom is -0.348 e. The number of amides is 1. The standard InChI is InChI=1S/C13H13F2NO/c1-2-3-4-5-13(17)16-9-10-8-11(14)6-7-12(10)15/h2-8H,9H2,1H3,(H,16,17)/b3-2+,5-4+. The van der Waals surface area contributed by atoms with E-state index in [2.05, 4.69) is 5.32 Å². The van der Waals surface area contributed by atoms with Gasteiger partial charge in [-0.3, -0.25) is 4.79 Å². The van der Waals surface area contributed by atoms with Crippen LogP contribution >= 0.6 is 0 Å². The molecule has 1 N–H and O–H groups in total. The average molecular weight is 237 g/mol. The molecule has 0 saturated heterocycles. The molecule has 0 aromatic heterocycles. The minimum atomic E-state index is -0.538. The van der Waals surface area contributed by atoms with Crippen LogP contribution in [0, 0.1) is 11.6 Å². The SMILES string of the molecule is C/C=C/C=C/C(=O)NCc1cc(F)ccc1F. The average Bonchev–Trinajstić information content (AvgIpc) is 2.31. The van der Waals surface area contributed by atoms with Crippen molar-refractivity contribution in [3.05, 3.63) is 59.7 Å². The van der Waals surface area contributed by atoms with Crippen LogP contribution in [0.25, 0.3) is 0 Å². The highest BCUT2D eigenvalue weighted by atomic mass is 19.1. The van der Waals surface area contributed by atoms with Gasteiger partial charge in [0.05, 0.1) is 0 Å². The van der Waals surface area contributed by atoms with Gasteiger partial charge in [0.25, 0.3) is 0 Å². The fourth-order valence-electron chi connectivity index (χ4n) is 1.17. The Morgan fingerprint density at radius 3 is 2.82 bits per heavy atom. The third-order valence-corrected chi connectivity index (χ3v) is 2.01. The summed E-state index contributed by atoms with van der Waals surface area (Å²) in [6.45, 7) is 1.78. The molecule has 0 unspecified atom stereocenters. The van der Waals surface area contributed by atoms with Crippen LogP contribution in [0.1, 0.15) is 12.5 Å². The normalized spacial score (nSPS) is 11.2. The first-order chi connectivity index (χ1) is 8.13. The summed E-state index contributed by atoms with van der Waals surface area (Å²) in [7, 11) is 0. The molecule has 2 nitrogen and oxygen atoms in total. The first kappa shape index (κ1) is 13.1. The van der Waals surface area contributed by atoms with E-state index in [-0.39, 0.29) is 18.0 Å². The van der Waals surface area contributed by atoms with Crippen LogP contribution in [0.5, 0.6) is 0 Å². The predicted octanol–water partition coefficient (Wildman–Crippen LogP) is 2.71. The number of carbonyl (C=O) groups excluding carboxylic acids is 1. The van der Waals surface area contributed by atoms with Gasteiger partial charge < -0.3 is 5.32 Å². The van der Waals surface area contributed by atoms with Gasteiger partial charge in [0.2, 0.25) is 5.91 Å². The summed E-state index contributed by atoms with van der Waals surface area (Å²) >= 11 is 0. The van der Waals surface area contributed by atoms with E-state index < -0.39 is 11.6 Å². The molecule has 0 aliphatic carbocycles. The van der Waals surface area contributed by atoms with Crippen molar-refractivity contribution >= 4 is 5.91 Å². The molecule has 1 amide bonds. The molecule has 4 heteroatoms. The molecular formula is C13H13F2NO. The van der Waals surface area contributed by atoms with Gasteiger partial charge in [-0.1, -0.05) is 18.2 Å². The Kier molecular flexibility index (Phi) is 5.07. The van der Waals surface area contributed by atoms with Crippen LogP contribution in [0.2, 0.25) is 0 Å². The van der Waals surface area contributed by atoms with Crippen LogP contribution < -0.4 is 5.32 Å². The highest BCUT2D eigenvalue weighted by Gasteiger charge is 2.04. The van der Waals surface area contributed by atoms with Crippen molar-refractivity contribution in [1.29, 1.82) is 0 Å². The molecule has 0 bridgehead atoms. The summed E-state index contributed by atoms with van der Waals surface area (Å²) in [6.07, 6.45) is 6.35. The van der Waals surface area contributed by atoms with E-state index in [1.54, 1.807) is 18.2 Å². The lowest BCUT2D eigenvalue weighted by atomic mass is 10.2. The molecule has 17 heavy (non-hydrogen) atoms. The number of nitrogens with one attached hydrogen (secondary N) is 1. The van der Waals surface area contributed by atoms with E-state index in [1.165, 1.54) is 6.08 Å². The summed E-state index contributed by atoms with van der Waals surface area (Å²) in [6, 6.07) is 3.13. The second kappa shape index (κ2) is 6.58. The third kappa shape index (κ3) is 4.59. The van der Waals surface area contributed by atoms with Gasteiger partial charge in [0.1, 0.15) is 11.6 Å². The van der Waals surface area contributed by atoms with Gasteiger partial charge in [-0.2, -0.15) is 0 Å². The van der Waals surface area contributed by atoms with Crippen molar-refractivity contribution < 1.29 is 13.6 Å². The number of allylic oxidation sites excluding steroid dienone is 3. The largest absolute Gasteiger partial charge is 0.348 e. The van der Waals surface area contributed by atoms with E-state index in [0.29, 0.717) is 0 Å². The Morgan fingerprint density at radius 2 is 2.12 bits per heavy atom. The topological polar surface area (TPSA) is 29.1 Å². The van der Waals surface area contributed by atoms with Crippen molar-refractivity contribution in [3.8, 4) is 0 Å². The van der Waals surface area contributed by atoms with Gasteiger partial charge in [0, 0.05) is 18.2 Å². The van der Waals surface area contributed by atoms with Gasteiger partial charge in [0.15, 0.2) is 0 Å². The summed E-state index contributed by atoms with van der Waals surface area (Å²) in [5.41, 5.74) is 0.123. The van der Waals surface area contributed by atoms with Crippen LogP contribution in [0.15, 0.2) is 42.5 Å². The lowest BCUT2D eigenvalue weighted by Crippen LogP contribution is -2.21. The Labute approximate surface area is 98.6 Å².